The summed E-state index contributed by atoms with van der Waals surface area (Å²) in [5.74, 6) is -0.357. The minimum Gasteiger partial charge on any atom is -0.466 e. The van der Waals surface area contributed by atoms with E-state index in [0.717, 1.165) is 17.2 Å². The van der Waals surface area contributed by atoms with Gasteiger partial charge in [-0.2, -0.15) is 13.2 Å². The van der Waals surface area contributed by atoms with E-state index >= 15 is 0 Å². The van der Waals surface area contributed by atoms with Gasteiger partial charge in [-0.05, 0) is 41.4 Å². The van der Waals surface area contributed by atoms with Gasteiger partial charge < -0.3 is 10.1 Å². The highest BCUT2D eigenvalue weighted by atomic mass is 19.4. The van der Waals surface area contributed by atoms with Crippen LogP contribution < -0.4 is 5.32 Å². The molecule has 0 amide bonds. The monoisotopic (exact) mass is 366 g/mol. The maximum atomic E-state index is 13.0. The number of hydrogen-bond acceptors (Lipinski definition) is 4. The van der Waals surface area contributed by atoms with E-state index < -0.39 is 11.7 Å². The average Bonchev–Trinajstić information content (AvgIpc) is 2.59. The third-order valence-corrected chi connectivity index (χ3v) is 3.80. The molecule has 1 aromatic carbocycles. The van der Waals surface area contributed by atoms with Crippen molar-refractivity contribution in [3.63, 3.8) is 0 Å². The molecule has 1 aromatic heterocycles. The number of esters is 1. The second-order valence-corrected chi connectivity index (χ2v) is 5.82. The van der Waals surface area contributed by atoms with Crippen molar-refractivity contribution in [1.82, 2.24) is 10.3 Å². The van der Waals surface area contributed by atoms with Gasteiger partial charge in [0.2, 0.25) is 0 Å². The van der Waals surface area contributed by atoms with Crippen LogP contribution in [0.2, 0.25) is 0 Å². The Labute approximate surface area is 150 Å². The van der Waals surface area contributed by atoms with Crippen molar-refractivity contribution in [2.75, 3.05) is 13.2 Å². The summed E-state index contributed by atoms with van der Waals surface area (Å²) >= 11 is 0. The van der Waals surface area contributed by atoms with Gasteiger partial charge in [-0.1, -0.05) is 13.0 Å². The first kappa shape index (κ1) is 19.9. The molecule has 0 aliphatic rings. The van der Waals surface area contributed by atoms with Gasteiger partial charge in [-0.3, -0.25) is 9.78 Å². The molecule has 0 radical (unpaired) electrons. The molecule has 0 saturated heterocycles. The Morgan fingerprint density at radius 3 is 2.65 bits per heavy atom. The first-order valence-corrected chi connectivity index (χ1v) is 8.29. The highest BCUT2D eigenvalue weighted by molar-refractivity contribution is 5.68. The zero-order valence-corrected chi connectivity index (χ0v) is 14.7. The average molecular weight is 366 g/mol. The highest BCUT2D eigenvalue weighted by Crippen LogP contribution is 2.33. The minimum absolute atomic E-state index is 0.234. The fourth-order valence-corrected chi connectivity index (χ4v) is 2.54. The van der Waals surface area contributed by atoms with Gasteiger partial charge in [0.05, 0.1) is 12.2 Å². The van der Waals surface area contributed by atoms with E-state index in [0.29, 0.717) is 30.6 Å². The number of nitrogens with zero attached hydrogens (tertiary/aromatic N) is 1. The van der Waals surface area contributed by atoms with Crippen molar-refractivity contribution in [2.24, 2.45) is 0 Å². The molecule has 0 saturated carbocycles. The zero-order valence-electron chi connectivity index (χ0n) is 14.7. The van der Waals surface area contributed by atoms with Crippen LogP contribution in [-0.2, 0) is 28.7 Å². The van der Waals surface area contributed by atoms with Crippen LogP contribution in [0, 0.1) is 0 Å². The summed E-state index contributed by atoms with van der Waals surface area (Å²) in [6.07, 6.45) is -0.623. The van der Waals surface area contributed by atoms with Crippen molar-refractivity contribution >= 4 is 5.97 Å². The number of benzene rings is 1. The molecule has 0 spiro atoms. The molecule has 0 aliphatic heterocycles. The molecule has 26 heavy (non-hydrogen) atoms. The van der Waals surface area contributed by atoms with E-state index in [2.05, 4.69) is 10.3 Å². The predicted molar refractivity (Wildman–Crippen MR) is 92.4 cm³/mol. The molecule has 2 rings (SSSR count). The number of hydrogen-bond donors (Lipinski definition) is 1. The quantitative estimate of drug-likeness (QED) is 0.753. The van der Waals surface area contributed by atoms with Crippen LogP contribution in [0.3, 0.4) is 0 Å². The Morgan fingerprint density at radius 2 is 2.00 bits per heavy atom. The number of halogens is 3. The highest BCUT2D eigenvalue weighted by Gasteiger charge is 2.31. The number of nitrogens with one attached hydrogen (secondary N) is 1. The second kappa shape index (κ2) is 8.80. The number of aromatic nitrogens is 1. The van der Waals surface area contributed by atoms with Crippen molar-refractivity contribution in [3.05, 3.63) is 53.3 Å². The standard InChI is InChI=1S/C19H21F3N2O2/c1-3-23-11-16-9-17(19(20,21)22)4-5-18(16)15-8-14(10-24-12-15)6-7-26-13(2)25/h4-5,8-10,12,23H,3,6-7,11H2,1-2H3. The van der Waals surface area contributed by atoms with Gasteiger partial charge in [-0.15, -0.1) is 0 Å². The van der Waals surface area contributed by atoms with Crippen molar-refractivity contribution in [1.29, 1.82) is 0 Å². The van der Waals surface area contributed by atoms with E-state index in [1.807, 2.05) is 13.0 Å². The van der Waals surface area contributed by atoms with E-state index in [9.17, 15) is 18.0 Å². The van der Waals surface area contributed by atoms with Gasteiger partial charge in [0.1, 0.15) is 0 Å². The molecule has 0 atom stereocenters. The first-order chi connectivity index (χ1) is 12.3. The normalized spacial score (nSPS) is 11.4. The maximum absolute atomic E-state index is 13.0. The number of carbonyl (C=O) groups is 1. The van der Waals surface area contributed by atoms with Crippen LogP contribution >= 0.6 is 0 Å². The fraction of sp³-hybridized carbons (Fsp3) is 0.368. The topological polar surface area (TPSA) is 51.2 Å². The number of carbonyl (C=O) groups excluding carboxylic acids is 1. The molecule has 7 heteroatoms. The number of alkyl halides is 3. The Kier molecular flexibility index (Phi) is 6.74. The molecule has 0 unspecified atom stereocenters. The lowest BCUT2D eigenvalue weighted by Crippen LogP contribution is -2.14. The van der Waals surface area contributed by atoms with E-state index in [4.69, 9.17) is 4.74 Å². The fourth-order valence-electron chi connectivity index (χ4n) is 2.54. The Morgan fingerprint density at radius 1 is 1.23 bits per heavy atom. The lowest BCUT2D eigenvalue weighted by molar-refractivity contribution is -0.141. The summed E-state index contributed by atoms with van der Waals surface area (Å²) in [5, 5.41) is 3.07. The maximum Gasteiger partial charge on any atom is 0.416 e. The van der Waals surface area contributed by atoms with Crippen molar-refractivity contribution < 1.29 is 22.7 Å². The summed E-state index contributed by atoms with van der Waals surface area (Å²) in [5.41, 5.74) is 2.15. The molecular weight excluding hydrogens is 345 g/mol. The summed E-state index contributed by atoms with van der Waals surface area (Å²) < 4.78 is 44.0. The van der Waals surface area contributed by atoms with Gasteiger partial charge in [-0.25, -0.2) is 0 Å². The lowest BCUT2D eigenvalue weighted by Gasteiger charge is -2.15. The number of rotatable bonds is 7. The van der Waals surface area contributed by atoms with Crippen LogP contribution in [0.15, 0.2) is 36.7 Å². The zero-order chi connectivity index (χ0) is 19.2. The molecule has 2 aromatic rings. The van der Waals surface area contributed by atoms with Gasteiger partial charge >= 0.3 is 12.1 Å². The largest absolute Gasteiger partial charge is 0.466 e. The number of ether oxygens (including phenoxy) is 1. The van der Waals surface area contributed by atoms with Gasteiger partial charge in [0.15, 0.2) is 0 Å². The van der Waals surface area contributed by atoms with Crippen LogP contribution in [-0.4, -0.2) is 24.1 Å². The predicted octanol–water partition coefficient (Wildman–Crippen LogP) is 3.98. The van der Waals surface area contributed by atoms with Crippen LogP contribution in [0.1, 0.15) is 30.5 Å². The van der Waals surface area contributed by atoms with Gasteiger partial charge in [0, 0.05) is 37.8 Å². The molecule has 1 N–H and O–H groups in total. The molecular formula is C19H21F3N2O2. The summed E-state index contributed by atoms with van der Waals surface area (Å²) in [7, 11) is 0. The lowest BCUT2D eigenvalue weighted by atomic mass is 9.97. The number of pyridine rings is 1. The smallest absolute Gasteiger partial charge is 0.416 e. The molecule has 140 valence electrons. The SMILES string of the molecule is CCNCc1cc(C(F)(F)F)ccc1-c1cncc(CCOC(C)=O)c1. The van der Waals surface area contributed by atoms with E-state index in [1.165, 1.54) is 19.1 Å². The Hall–Kier alpha value is -2.41. The third kappa shape index (κ3) is 5.56. The van der Waals surface area contributed by atoms with Crippen LogP contribution in [0.5, 0.6) is 0 Å². The van der Waals surface area contributed by atoms with Crippen LogP contribution in [0.25, 0.3) is 11.1 Å². The molecule has 1 heterocycles. The van der Waals surface area contributed by atoms with Crippen molar-refractivity contribution in [2.45, 2.75) is 33.0 Å². The summed E-state index contributed by atoms with van der Waals surface area (Å²) in [6, 6.07) is 5.58. The third-order valence-electron chi connectivity index (χ3n) is 3.80. The van der Waals surface area contributed by atoms with Crippen LogP contribution in [0.4, 0.5) is 13.2 Å². The molecule has 0 bridgehead atoms. The van der Waals surface area contributed by atoms with Gasteiger partial charge in [0.25, 0.3) is 0 Å². The summed E-state index contributed by atoms with van der Waals surface area (Å²) in [4.78, 5) is 15.0. The minimum atomic E-state index is -4.39. The molecule has 0 aliphatic carbocycles. The van der Waals surface area contributed by atoms with E-state index in [1.54, 1.807) is 12.4 Å². The Bertz CT molecular complexity index is 761. The summed E-state index contributed by atoms with van der Waals surface area (Å²) in [6.45, 7) is 4.44. The molecule has 4 nitrogen and oxygen atoms in total. The van der Waals surface area contributed by atoms with Crippen molar-refractivity contribution in [3.8, 4) is 11.1 Å². The molecule has 0 fully saturated rings. The van der Waals surface area contributed by atoms with E-state index in [-0.39, 0.29) is 12.6 Å². The first-order valence-electron chi connectivity index (χ1n) is 8.29. The second-order valence-electron chi connectivity index (χ2n) is 5.82. The Balaban J connectivity index is 2.32.